The second-order valence-electron chi connectivity index (χ2n) is 5.58. The molecule has 0 atom stereocenters. The van der Waals surface area contributed by atoms with Gasteiger partial charge in [0, 0.05) is 15.8 Å². The minimum absolute atomic E-state index is 0.744. The standard InChI is InChI=1S/C20H16IN3/c21-16-11-12-18-19(13-16)24(17-9-5-2-6-10-17)20(23-18)22-14-15-7-3-1-4-8-15/h1-13H,14H2,(H,22,23). The first-order valence-electron chi connectivity index (χ1n) is 7.82. The maximum atomic E-state index is 4.79. The maximum Gasteiger partial charge on any atom is 0.208 e. The Morgan fingerprint density at radius 1 is 0.875 bits per heavy atom. The molecular weight excluding hydrogens is 409 g/mol. The average Bonchev–Trinajstić information content (AvgIpc) is 2.99. The minimum atomic E-state index is 0.744. The summed E-state index contributed by atoms with van der Waals surface area (Å²) in [7, 11) is 0. The van der Waals surface area contributed by atoms with Crippen molar-refractivity contribution in [2.24, 2.45) is 0 Å². The van der Waals surface area contributed by atoms with Gasteiger partial charge in [-0.1, -0.05) is 48.5 Å². The van der Waals surface area contributed by atoms with Gasteiger partial charge in [0.05, 0.1) is 11.0 Å². The fourth-order valence-electron chi connectivity index (χ4n) is 2.78. The zero-order valence-corrected chi connectivity index (χ0v) is 15.1. The molecule has 0 fully saturated rings. The molecule has 0 amide bonds. The summed E-state index contributed by atoms with van der Waals surface area (Å²) in [5.41, 5.74) is 4.45. The molecule has 118 valence electrons. The molecule has 0 saturated heterocycles. The van der Waals surface area contributed by atoms with E-state index in [1.165, 1.54) is 9.13 Å². The van der Waals surface area contributed by atoms with E-state index in [2.05, 4.69) is 99.2 Å². The SMILES string of the molecule is Ic1ccc2nc(NCc3ccccc3)n(-c3ccccc3)c2c1. The van der Waals surface area contributed by atoms with Crippen LogP contribution in [0.2, 0.25) is 0 Å². The Hall–Kier alpha value is -2.34. The third kappa shape index (κ3) is 3.01. The second-order valence-corrected chi connectivity index (χ2v) is 6.82. The summed E-state index contributed by atoms with van der Waals surface area (Å²) in [5, 5.41) is 3.49. The lowest BCUT2D eigenvalue weighted by molar-refractivity contribution is 1.02. The van der Waals surface area contributed by atoms with Crippen LogP contribution >= 0.6 is 22.6 Å². The van der Waals surface area contributed by atoms with Crippen molar-refractivity contribution in [1.29, 1.82) is 0 Å². The van der Waals surface area contributed by atoms with E-state index < -0.39 is 0 Å². The van der Waals surface area contributed by atoms with Crippen molar-refractivity contribution in [3.8, 4) is 5.69 Å². The molecule has 0 radical (unpaired) electrons. The predicted molar refractivity (Wildman–Crippen MR) is 108 cm³/mol. The number of nitrogens with zero attached hydrogens (tertiary/aromatic N) is 2. The average molecular weight is 425 g/mol. The number of aromatic nitrogens is 2. The Morgan fingerprint density at radius 2 is 1.58 bits per heavy atom. The maximum absolute atomic E-state index is 4.79. The third-order valence-corrected chi connectivity index (χ3v) is 4.60. The second kappa shape index (κ2) is 6.65. The minimum Gasteiger partial charge on any atom is -0.351 e. The van der Waals surface area contributed by atoms with Crippen molar-refractivity contribution < 1.29 is 0 Å². The van der Waals surface area contributed by atoms with Gasteiger partial charge in [-0.25, -0.2) is 4.98 Å². The van der Waals surface area contributed by atoms with E-state index in [0.717, 1.165) is 29.2 Å². The number of hydrogen-bond acceptors (Lipinski definition) is 2. The smallest absolute Gasteiger partial charge is 0.208 e. The third-order valence-electron chi connectivity index (χ3n) is 3.92. The van der Waals surface area contributed by atoms with E-state index in [-0.39, 0.29) is 0 Å². The van der Waals surface area contributed by atoms with Crippen LogP contribution in [0.25, 0.3) is 16.7 Å². The van der Waals surface area contributed by atoms with Crippen LogP contribution in [0.4, 0.5) is 5.95 Å². The van der Waals surface area contributed by atoms with Crippen molar-refractivity contribution in [3.05, 3.63) is 88.0 Å². The van der Waals surface area contributed by atoms with E-state index >= 15 is 0 Å². The van der Waals surface area contributed by atoms with Gasteiger partial charge in [0.15, 0.2) is 0 Å². The molecule has 4 heteroatoms. The topological polar surface area (TPSA) is 29.9 Å². The Balaban J connectivity index is 1.79. The number of rotatable bonds is 4. The number of anilines is 1. The van der Waals surface area contributed by atoms with Crippen LogP contribution in [-0.2, 0) is 6.54 Å². The number of halogens is 1. The highest BCUT2D eigenvalue weighted by Gasteiger charge is 2.12. The zero-order chi connectivity index (χ0) is 16.4. The van der Waals surface area contributed by atoms with Crippen LogP contribution < -0.4 is 5.32 Å². The molecule has 0 aliphatic carbocycles. The van der Waals surface area contributed by atoms with Crippen LogP contribution in [0.5, 0.6) is 0 Å². The molecule has 0 unspecified atom stereocenters. The van der Waals surface area contributed by atoms with E-state index in [0.29, 0.717) is 0 Å². The molecule has 0 bridgehead atoms. The summed E-state index contributed by atoms with van der Waals surface area (Å²) in [6.07, 6.45) is 0. The Bertz CT molecular complexity index is 962. The van der Waals surface area contributed by atoms with Crippen LogP contribution in [-0.4, -0.2) is 9.55 Å². The molecule has 3 nitrogen and oxygen atoms in total. The highest BCUT2D eigenvalue weighted by atomic mass is 127. The van der Waals surface area contributed by atoms with Gasteiger partial charge in [-0.3, -0.25) is 4.57 Å². The molecule has 0 aliphatic rings. The first-order chi connectivity index (χ1) is 11.8. The number of hydrogen-bond donors (Lipinski definition) is 1. The summed E-state index contributed by atoms with van der Waals surface area (Å²) >= 11 is 2.34. The van der Waals surface area contributed by atoms with Crippen LogP contribution in [0, 0.1) is 3.57 Å². The lowest BCUT2D eigenvalue weighted by Gasteiger charge is -2.11. The molecule has 1 aromatic heterocycles. The molecule has 0 spiro atoms. The van der Waals surface area contributed by atoms with Gasteiger partial charge >= 0.3 is 0 Å². The normalized spacial score (nSPS) is 10.9. The van der Waals surface area contributed by atoms with Gasteiger partial charge < -0.3 is 5.32 Å². The molecule has 4 rings (SSSR count). The van der Waals surface area contributed by atoms with Crippen molar-refractivity contribution in [1.82, 2.24) is 9.55 Å². The van der Waals surface area contributed by atoms with Gasteiger partial charge in [0.2, 0.25) is 5.95 Å². The van der Waals surface area contributed by atoms with Crippen molar-refractivity contribution in [2.75, 3.05) is 5.32 Å². The number of benzene rings is 3. The molecule has 0 aliphatic heterocycles. The summed E-state index contributed by atoms with van der Waals surface area (Å²) in [6.45, 7) is 0.744. The summed E-state index contributed by atoms with van der Waals surface area (Å²) in [4.78, 5) is 4.79. The Labute approximate surface area is 154 Å². The summed E-state index contributed by atoms with van der Waals surface area (Å²) < 4.78 is 3.38. The lowest BCUT2D eigenvalue weighted by Crippen LogP contribution is -2.06. The summed E-state index contributed by atoms with van der Waals surface area (Å²) in [5.74, 6) is 0.863. The number of nitrogens with one attached hydrogen (secondary N) is 1. The van der Waals surface area contributed by atoms with Crippen molar-refractivity contribution in [2.45, 2.75) is 6.54 Å². The van der Waals surface area contributed by atoms with Crippen LogP contribution in [0.1, 0.15) is 5.56 Å². The molecule has 3 aromatic carbocycles. The first-order valence-corrected chi connectivity index (χ1v) is 8.90. The monoisotopic (exact) mass is 425 g/mol. The molecule has 0 saturated carbocycles. The molecule has 1 N–H and O–H groups in total. The summed E-state index contributed by atoms with van der Waals surface area (Å²) in [6, 6.07) is 27.1. The fraction of sp³-hybridized carbons (Fsp3) is 0.0500. The van der Waals surface area contributed by atoms with Gasteiger partial charge in [-0.2, -0.15) is 0 Å². The van der Waals surface area contributed by atoms with Crippen LogP contribution in [0.15, 0.2) is 78.9 Å². The Morgan fingerprint density at radius 3 is 2.33 bits per heavy atom. The molecule has 24 heavy (non-hydrogen) atoms. The van der Waals surface area contributed by atoms with Gasteiger partial charge in [0.1, 0.15) is 0 Å². The fourth-order valence-corrected chi connectivity index (χ4v) is 3.26. The molecule has 1 heterocycles. The number of fused-ring (bicyclic) bond motifs is 1. The van der Waals surface area contributed by atoms with Gasteiger partial charge in [-0.05, 0) is 58.5 Å². The largest absolute Gasteiger partial charge is 0.351 e. The van der Waals surface area contributed by atoms with E-state index in [9.17, 15) is 0 Å². The number of imidazole rings is 1. The first kappa shape index (κ1) is 15.2. The van der Waals surface area contributed by atoms with Crippen molar-refractivity contribution >= 4 is 39.6 Å². The number of para-hydroxylation sites is 1. The van der Waals surface area contributed by atoms with Crippen LogP contribution in [0.3, 0.4) is 0 Å². The van der Waals surface area contributed by atoms with E-state index in [1.54, 1.807) is 0 Å². The highest BCUT2D eigenvalue weighted by molar-refractivity contribution is 14.1. The Kier molecular flexibility index (Phi) is 4.21. The molecule has 4 aromatic rings. The predicted octanol–water partition coefficient (Wildman–Crippen LogP) is 5.24. The zero-order valence-electron chi connectivity index (χ0n) is 13.0. The van der Waals surface area contributed by atoms with E-state index in [1.807, 2.05) is 12.1 Å². The van der Waals surface area contributed by atoms with E-state index in [4.69, 9.17) is 4.98 Å². The van der Waals surface area contributed by atoms with Crippen molar-refractivity contribution in [3.63, 3.8) is 0 Å². The van der Waals surface area contributed by atoms with Gasteiger partial charge in [0.25, 0.3) is 0 Å². The molecular formula is C20H16IN3. The highest BCUT2D eigenvalue weighted by Crippen LogP contribution is 2.26. The quantitative estimate of drug-likeness (QED) is 0.453. The lowest BCUT2D eigenvalue weighted by atomic mass is 10.2. The van der Waals surface area contributed by atoms with Gasteiger partial charge in [-0.15, -0.1) is 0 Å².